The minimum Gasteiger partial charge on any atom is -0.494 e. The normalized spacial score (nSPS) is 14.3. The zero-order valence-electron chi connectivity index (χ0n) is 22.7. The van der Waals surface area contributed by atoms with E-state index in [1.54, 1.807) is 36.4 Å². The Labute approximate surface area is 238 Å². The molecule has 1 aliphatic rings. The molecule has 8 nitrogen and oxygen atoms in total. The third-order valence-corrected chi connectivity index (χ3v) is 6.39. The smallest absolute Gasteiger partial charge is 0.335 e. The van der Waals surface area contributed by atoms with Crippen molar-refractivity contribution in [3.63, 3.8) is 0 Å². The molecule has 4 amide bonds. The Hall–Kier alpha value is -4.30. The van der Waals surface area contributed by atoms with Gasteiger partial charge in [0.1, 0.15) is 17.9 Å². The van der Waals surface area contributed by atoms with Crippen LogP contribution in [0.25, 0.3) is 6.08 Å². The van der Waals surface area contributed by atoms with E-state index in [0.717, 1.165) is 28.9 Å². The van der Waals surface area contributed by atoms with Crippen LogP contribution in [0.15, 0.2) is 66.2 Å². The van der Waals surface area contributed by atoms with Crippen LogP contribution in [-0.4, -0.2) is 31.1 Å². The number of amides is 4. The van der Waals surface area contributed by atoms with Crippen molar-refractivity contribution in [2.45, 2.75) is 40.2 Å². The molecule has 208 valence electrons. The van der Waals surface area contributed by atoms with Gasteiger partial charge >= 0.3 is 6.03 Å². The van der Waals surface area contributed by atoms with Crippen LogP contribution in [0, 0.1) is 6.92 Å². The van der Waals surface area contributed by atoms with Crippen LogP contribution < -0.4 is 24.4 Å². The maximum absolute atomic E-state index is 13.3. The Morgan fingerprint density at radius 1 is 0.925 bits per heavy atom. The highest BCUT2D eigenvalue weighted by Crippen LogP contribution is 2.38. The molecule has 1 heterocycles. The Morgan fingerprint density at radius 2 is 1.65 bits per heavy atom. The molecule has 0 aliphatic carbocycles. The number of carbonyl (C=O) groups excluding carboxylic acids is 3. The highest BCUT2D eigenvalue weighted by molar-refractivity contribution is 6.39. The van der Waals surface area contributed by atoms with Crippen molar-refractivity contribution in [1.82, 2.24) is 5.32 Å². The molecule has 3 aromatic rings. The topological polar surface area (TPSA) is 94.2 Å². The number of rotatable bonds is 11. The van der Waals surface area contributed by atoms with Gasteiger partial charge < -0.3 is 14.2 Å². The lowest BCUT2D eigenvalue weighted by Crippen LogP contribution is -2.54. The second kappa shape index (κ2) is 13.2. The van der Waals surface area contributed by atoms with Crippen LogP contribution in [-0.2, 0) is 16.2 Å². The van der Waals surface area contributed by atoms with Gasteiger partial charge in [0.25, 0.3) is 11.8 Å². The second-order valence-corrected chi connectivity index (χ2v) is 9.60. The number of hydrogen-bond acceptors (Lipinski definition) is 6. The number of urea groups is 1. The quantitative estimate of drug-likeness (QED) is 0.163. The summed E-state index contributed by atoms with van der Waals surface area (Å²) in [6.45, 7) is 7.10. The molecule has 0 atom stereocenters. The highest BCUT2D eigenvalue weighted by Gasteiger charge is 2.37. The molecule has 0 aromatic heterocycles. The van der Waals surface area contributed by atoms with Gasteiger partial charge in [0, 0.05) is 0 Å². The molecular formula is C31H31ClN2O6. The molecule has 0 bridgehead atoms. The molecule has 4 rings (SSSR count). The Kier molecular flexibility index (Phi) is 9.45. The molecular weight excluding hydrogens is 532 g/mol. The summed E-state index contributed by atoms with van der Waals surface area (Å²) >= 11 is 6.56. The SMILES string of the molecule is CCCCOc1ccc(N2C(=O)NC(=O)/C(=C/c3cc(Cl)c(OCc4ccc(C)cc4)c(OCC)c3)C2=O)cc1. The van der Waals surface area contributed by atoms with E-state index in [1.807, 2.05) is 38.1 Å². The van der Waals surface area contributed by atoms with Crippen molar-refractivity contribution in [3.8, 4) is 17.2 Å². The fourth-order valence-electron chi connectivity index (χ4n) is 4.00. The Balaban J connectivity index is 1.58. The number of carbonyl (C=O) groups is 3. The lowest BCUT2D eigenvalue weighted by molar-refractivity contribution is -0.122. The molecule has 0 spiro atoms. The van der Waals surface area contributed by atoms with Crippen LogP contribution in [0.4, 0.5) is 10.5 Å². The van der Waals surface area contributed by atoms with E-state index in [2.05, 4.69) is 12.2 Å². The number of anilines is 1. The molecule has 1 aliphatic heterocycles. The van der Waals surface area contributed by atoms with Gasteiger partial charge in [0.15, 0.2) is 11.5 Å². The third-order valence-electron chi connectivity index (χ3n) is 6.11. The summed E-state index contributed by atoms with van der Waals surface area (Å²) in [7, 11) is 0. The predicted octanol–water partition coefficient (Wildman–Crippen LogP) is 6.47. The number of ether oxygens (including phenoxy) is 3. The van der Waals surface area contributed by atoms with Gasteiger partial charge in [0.05, 0.1) is 23.9 Å². The van der Waals surface area contributed by atoms with Crippen molar-refractivity contribution in [1.29, 1.82) is 0 Å². The standard InChI is InChI=1S/C31H31ClN2O6/c1-4-6-15-39-24-13-11-23(12-14-24)34-30(36)25(29(35)33-31(34)37)16-22-17-26(32)28(27(18-22)38-5-2)40-19-21-9-7-20(3)8-10-21/h7-14,16-18H,4-6,15,19H2,1-3H3,(H,33,35,37)/b25-16-. The molecule has 1 saturated heterocycles. The van der Waals surface area contributed by atoms with Crippen molar-refractivity contribution >= 4 is 41.2 Å². The molecule has 3 aromatic carbocycles. The van der Waals surface area contributed by atoms with Crippen LogP contribution in [0.2, 0.25) is 5.02 Å². The van der Waals surface area contributed by atoms with Crippen LogP contribution in [0.1, 0.15) is 43.4 Å². The first kappa shape index (κ1) is 28.7. The van der Waals surface area contributed by atoms with Crippen LogP contribution in [0.5, 0.6) is 17.2 Å². The van der Waals surface area contributed by atoms with Crippen molar-refractivity contribution in [2.75, 3.05) is 18.1 Å². The van der Waals surface area contributed by atoms with E-state index in [0.29, 0.717) is 41.7 Å². The van der Waals surface area contributed by atoms with Gasteiger partial charge in [0.2, 0.25) is 0 Å². The predicted molar refractivity (Wildman–Crippen MR) is 154 cm³/mol. The van der Waals surface area contributed by atoms with Gasteiger partial charge in [-0.05, 0) is 73.9 Å². The lowest BCUT2D eigenvalue weighted by Gasteiger charge is -2.26. The Morgan fingerprint density at radius 3 is 2.33 bits per heavy atom. The average Bonchev–Trinajstić information content (AvgIpc) is 2.92. The van der Waals surface area contributed by atoms with E-state index in [9.17, 15) is 14.4 Å². The van der Waals surface area contributed by atoms with Crippen molar-refractivity contribution < 1.29 is 28.6 Å². The van der Waals surface area contributed by atoms with Crippen LogP contribution in [0.3, 0.4) is 0 Å². The van der Waals surface area contributed by atoms with Gasteiger partial charge in [-0.15, -0.1) is 0 Å². The van der Waals surface area contributed by atoms with Gasteiger partial charge in [-0.25, -0.2) is 9.69 Å². The maximum atomic E-state index is 13.3. The monoisotopic (exact) mass is 562 g/mol. The minimum absolute atomic E-state index is 0.227. The van der Waals surface area contributed by atoms with Gasteiger partial charge in [-0.1, -0.05) is 54.8 Å². The number of nitrogens with one attached hydrogen (secondary N) is 1. The molecule has 1 fully saturated rings. The van der Waals surface area contributed by atoms with E-state index in [-0.39, 0.29) is 17.2 Å². The number of hydrogen-bond donors (Lipinski definition) is 1. The maximum Gasteiger partial charge on any atom is 0.335 e. The Bertz CT molecular complexity index is 1420. The molecule has 0 unspecified atom stereocenters. The summed E-state index contributed by atoms with van der Waals surface area (Å²) in [5.41, 5.74) is 2.62. The number of barbiturate groups is 1. The number of aryl methyl sites for hydroxylation is 1. The molecule has 0 radical (unpaired) electrons. The third kappa shape index (κ3) is 6.82. The summed E-state index contributed by atoms with van der Waals surface area (Å²) in [5.74, 6) is -0.230. The minimum atomic E-state index is -0.834. The molecule has 9 heteroatoms. The average molecular weight is 563 g/mol. The molecule has 1 N–H and O–H groups in total. The number of unbranched alkanes of at least 4 members (excludes halogenated alkanes) is 1. The first-order valence-corrected chi connectivity index (χ1v) is 13.5. The fourth-order valence-corrected chi connectivity index (χ4v) is 4.27. The summed E-state index contributed by atoms with van der Waals surface area (Å²) in [4.78, 5) is 39.6. The van der Waals surface area contributed by atoms with Gasteiger partial charge in [-0.3, -0.25) is 14.9 Å². The zero-order valence-corrected chi connectivity index (χ0v) is 23.4. The van der Waals surface area contributed by atoms with E-state index < -0.39 is 17.8 Å². The summed E-state index contributed by atoms with van der Waals surface area (Å²) in [6, 6.07) is 16.8. The second-order valence-electron chi connectivity index (χ2n) is 9.19. The van der Waals surface area contributed by atoms with Crippen molar-refractivity contribution in [3.05, 3.63) is 87.9 Å². The number of halogens is 1. The highest BCUT2D eigenvalue weighted by atomic mass is 35.5. The largest absolute Gasteiger partial charge is 0.494 e. The lowest BCUT2D eigenvalue weighted by atomic mass is 10.1. The fraction of sp³-hybridized carbons (Fsp3) is 0.258. The first-order chi connectivity index (χ1) is 19.3. The summed E-state index contributed by atoms with van der Waals surface area (Å²) < 4.78 is 17.4. The summed E-state index contributed by atoms with van der Waals surface area (Å²) in [6.07, 6.45) is 3.29. The van der Waals surface area contributed by atoms with Crippen molar-refractivity contribution in [2.24, 2.45) is 0 Å². The number of nitrogens with zero attached hydrogens (tertiary/aromatic N) is 1. The van der Waals surface area contributed by atoms with Crippen LogP contribution >= 0.6 is 11.6 Å². The van der Waals surface area contributed by atoms with Gasteiger partial charge in [-0.2, -0.15) is 0 Å². The molecule has 40 heavy (non-hydrogen) atoms. The molecule has 0 saturated carbocycles. The zero-order chi connectivity index (χ0) is 28.6. The van der Waals surface area contributed by atoms with E-state index in [4.69, 9.17) is 25.8 Å². The first-order valence-electron chi connectivity index (χ1n) is 13.1. The van der Waals surface area contributed by atoms with E-state index >= 15 is 0 Å². The number of benzene rings is 3. The summed E-state index contributed by atoms with van der Waals surface area (Å²) in [5, 5.41) is 2.48. The van der Waals surface area contributed by atoms with E-state index in [1.165, 1.54) is 6.08 Å². The number of imide groups is 2.